The molecule has 0 aliphatic heterocycles. The van der Waals surface area contributed by atoms with Crippen LogP contribution in [0.4, 0.5) is 0 Å². The number of nitrogens with zero attached hydrogens (tertiary/aromatic N) is 4. The third-order valence-electron chi connectivity index (χ3n) is 4.52. The molecule has 11 nitrogen and oxygen atoms in total. The smallest absolute Gasteiger partial charge is 0.332 e. The first-order valence-electron chi connectivity index (χ1n) is 8.59. The number of hydrogen-bond acceptors (Lipinski definition) is 6. The minimum absolute atomic E-state index is 0.0215. The van der Waals surface area contributed by atoms with Crippen molar-refractivity contribution in [1.82, 2.24) is 24.0 Å². The number of nitrogens with two attached hydrogens (primary N) is 1. The number of amides is 1. The molecule has 0 bridgehead atoms. The maximum atomic E-state index is 12.4. The highest BCUT2D eigenvalue weighted by atomic mass is 32.2. The predicted octanol–water partition coefficient (Wildman–Crippen LogP) is -1.56. The lowest BCUT2D eigenvalue weighted by molar-refractivity contribution is -0.121. The molecule has 0 radical (unpaired) electrons. The molecule has 0 saturated heterocycles. The van der Waals surface area contributed by atoms with Crippen molar-refractivity contribution in [3.05, 3.63) is 57.0 Å². The summed E-state index contributed by atoms with van der Waals surface area (Å²) >= 11 is 0. The number of benzene rings is 1. The number of nitrogens with one attached hydrogen (secondary N) is 1. The number of imidazole rings is 1. The summed E-state index contributed by atoms with van der Waals surface area (Å²) in [5.41, 5.74) is 0.188. The van der Waals surface area contributed by atoms with Crippen LogP contribution >= 0.6 is 0 Å². The zero-order valence-corrected chi connectivity index (χ0v) is 16.6. The fourth-order valence-electron chi connectivity index (χ4n) is 2.92. The molecular formula is C17H20N6O5S. The molecule has 0 unspecified atom stereocenters. The van der Waals surface area contributed by atoms with Crippen LogP contribution in [0.5, 0.6) is 0 Å². The maximum Gasteiger partial charge on any atom is 0.332 e. The lowest BCUT2D eigenvalue weighted by atomic mass is 10.1. The molecule has 0 aliphatic rings. The molecule has 2 aromatic heterocycles. The summed E-state index contributed by atoms with van der Waals surface area (Å²) in [6.07, 6.45) is 1.83. The second kappa shape index (κ2) is 7.64. The van der Waals surface area contributed by atoms with Crippen molar-refractivity contribution in [2.24, 2.45) is 19.2 Å². The summed E-state index contributed by atoms with van der Waals surface area (Å²) in [6.45, 7) is 0.185. The Hall–Kier alpha value is -3.25. The Morgan fingerprint density at radius 3 is 2.41 bits per heavy atom. The Kier molecular flexibility index (Phi) is 5.40. The van der Waals surface area contributed by atoms with Crippen molar-refractivity contribution in [3.8, 4) is 0 Å². The zero-order valence-electron chi connectivity index (χ0n) is 15.8. The van der Waals surface area contributed by atoms with Gasteiger partial charge in [0.15, 0.2) is 11.2 Å². The fraction of sp³-hybridized carbons (Fsp3) is 0.294. The van der Waals surface area contributed by atoms with Gasteiger partial charge in [-0.05, 0) is 24.1 Å². The summed E-state index contributed by atoms with van der Waals surface area (Å²) in [5.74, 6) is -0.332. The molecule has 12 heteroatoms. The molecule has 0 spiro atoms. The second-order valence-electron chi connectivity index (χ2n) is 6.54. The van der Waals surface area contributed by atoms with Crippen LogP contribution in [-0.4, -0.2) is 39.6 Å². The Balaban J connectivity index is 1.66. The van der Waals surface area contributed by atoms with Crippen molar-refractivity contribution < 1.29 is 13.2 Å². The number of rotatable bonds is 6. The summed E-state index contributed by atoms with van der Waals surface area (Å²) < 4.78 is 26.1. The molecular weight excluding hydrogens is 400 g/mol. The van der Waals surface area contributed by atoms with Gasteiger partial charge in [0.25, 0.3) is 5.56 Å². The molecule has 3 aromatic rings. The summed E-state index contributed by atoms with van der Waals surface area (Å²) in [6, 6.07) is 6.06. The monoisotopic (exact) mass is 420 g/mol. The van der Waals surface area contributed by atoms with E-state index in [1.807, 2.05) is 0 Å². The Bertz CT molecular complexity index is 1300. The van der Waals surface area contributed by atoms with Crippen molar-refractivity contribution in [2.45, 2.75) is 17.9 Å². The minimum atomic E-state index is -3.74. The first-order valence-corrected chi connectivity index (χ1v) is 10.1. The number of fused-ring (bicyclic) bond motifs is 1. The average molecular weight is 420 g/mol. The summed E-state index contributed by atoms with van der Waals surface area (Å²) in [5, 5.41) is 7.78. The SMILES string of the molecule is Cn1c(=O)c2c(ncn2CC(=O)NCCc2ccc(S(N)(=O)=O)cc2)n(C)c1=O. The van der Waals surface area contributed by atoms with Crippen LogP contribution in [-0.2, 0) is 41.9 Å². The largest absolute Gasteiger partial charge is 0.354 e. The number of carbonyl (C=O) groups excluding carboxylic acids is 1. The Morgan fingerprint density at radius 2 is 1.79 bits per heavy atom. The number of hydrogen-bond donors (Lipinski definition) is 2. The minimum Gasteiger partial charge on any atom is -0.354 e. The van der Waals surface area contributed by atoms with E-state index in [2.05, 4.69) is 10.3 Å². The molecule has 29 heavy (non-hydrogen) atoms. The lowest BCUT2D eigenvalue weighted by Gasteiger charge is -2.08. The van der Waals surface area contributed by atoms with Gasteiger partial charge in [-0.2, -0.15) is 0 Å². The van der Waals surface area contributed by atoms with E-state index in [0.29, 0.717) is 13.0 Å². The van der Waals surface area contributed by atoms with E-state index in [9.17, 15) is 22.8 Å². The van der Waals surface area contributed by atoms with Gasteiger partial charge in [-0.1, -0.05) is 12.1 Å². The topological polar surface area (TPSA) is 151 Å². The third-order valence-corrected chi connectivity index (χ3v) is 5.45. The van der Waals surface area contributed by atoms with E-state index in [4.69, 9.17) is 5.14 Å². The van der Waals surface area contributed by atoms with Crippen LogP contribution in [0, 0.1) is 0 Å². The molecule has 154 valence electrons. The molecule has 3 N–H and O–H groups in total. The van der Waals surface area contributed by atoms with E-state index in [1.165, 1.54) is 41.7 Å². The van der Waals surface area contributed by atoms with Gasteiger partial charge in [0, 0.05) is 20.6 Å². The van der Waals surface area contributed by atoms with E-state index in [0.717, 1.165) is 10.1 Å². The quantitative estimate of drug-likeness (QED) is 0.492. The Labute approximate surface area is 165 Å². The van der Waals surface area contributed by atoms with Crippen molar-refractivity contribution >= 4 is 27.1 Å². The van der Waals surface area contributed by atoms with Gasteiger partial charge < -0.3 is 9.88 Å². The standard InChI is InChI=1S/C17H20N6O5S/c1-21-15-14(16(25)22(2)17(21)26)23(10-20-15)9-13(24)19-8-7-11-3-5-12(6-4-11)29(18,27)28/h3-6,10H,7-9H2,1-2H3,(H,19,24)(H2,18,27,28). The molecule has 3 rings (SSSR count). The molecule has 2 heterocycles. The highest BCUT2D eigenvalue weighted by Gasteiger charge is 2.15. The molecule has 0 saturated carbocycles. The van der Waals surface area contributed by atoms with Crippen molar-refractivity contribution in [2.75, 3.05) is 6.54 Å². The maximum absolute atomic E-state index is 12.4. The molecule has 0 fully saturated rings. The molecule has 0 atom stereocenters. The van der Waals surface area contributed by atoms with Crippen molar-refractivity contribution in [3.63, 3.8) is 0 Å². The first kappa shape index (κ1) is 20.5. The van der Waals surface area contributed by atoms with Gasteiger partial charge in [-0.3, -0.25) is 18.7 Å². The van der Waals surface area contributed by atoms with E-state index in [-0.39, 0.29) is 28.5 Å². The number of sulfonamides is 1. The second-order valence-corrected chi connectivity index (χ2v) is 8.10. The normalized spacial score (nSPS) is 11.7. The lowest BCUT2D eigenvalue weighted by Crippen LogP contribution is -2.38. The third kappa shape index (κ3) is 4.12. The van der Waals surface area contributed by atoms with E-state index in [1.54, 1.807) is 12.1 Å². The fourth-order valence-corrected chi connectivity index (χ4v) is 3.43. The molecule has 1 amide bonds. The van der Waals surface area contributed by atoms with E-state index < -0.39 is 21.3 Å². The highest BCUT2D eigenvalue weighted by Crippen LogP contribution is 2.09. The van der Waals surface area contributed by atoms with Gasteiger partial charge >= 0.3 is 5.69 Å². The molecule has 0 aliphatic carbocycles. The average Bonchev–Trinajstić information content (AvgIpc) is 3.08. The number of aromatic nitrogens is 4. The van der Waals surface area contributed by atoms with E-state index >= 15 is 0 Å². The van der Waals surface area contributed by atoms with Crippen LogP contribution < -0.4 is 21.7 Å². The van der Waals surface area contributed by atoms with Crippen LogP contribution in [0.25, 0.3) is 11.2 Å². The zero-order chi connectivity index (χ0) is 21.3. The first-order chi connectivity index (χ1) is 13.6. The summed E-state index contributed by atoms with van der Waals surface area (Å²) in [4.78, 5) is 40.6. The van der Waals surface area contributed by atoms with Crippen LogP contribution in [0.1, 0.15) is 5.56 Å². The van der Waals surface area contributed by atoms with Gasteiger partial charge in [0.2, 0.25) is 15.9 Å². The van der Waals surface area contributed by atoms with Crippen molar-refractivity contribution in [1.29, 1.82) is 0 Å². The van der Waals surface area contributed by atoms with Crippen LogP contribution in [0.3, 0.4) is 0 Å². The van der Waals surface area contributed by atoms with Gasteiger partial charge in [0.1, 0.15) is 6.54 Å². The van der Waals surface area contributed by atoms with Crippen LogP contribution in [0.15, 0.2) is 45.1 Å². The highest BCUT2D eigenvalue weighted by molar-refractivity contribution is 7.89. The van der Waals surface area contributed by atoms with Gasteiger partial charge in [-0.25, -0.2) is 23.3 Å². The van der Waals surface area contributed by atoms with Crippen LogP contribution in [0.2, 0.25) is 0 Å². The number of carbonyl (C=O) groups is 1. The van der Waals surface area contributed by atoms with Gasteiger partial charge in [-0.15, -0.1) is 0 Å². The number of aryl methyl sites for hydroxylation is 1. The molecule has 1 aromatic carbocycles. The Morgan fingerprint density at radius 1 is 1.14 bits per heavy atom. The predicted molar refractivity (Wildman–Crippen MR) is 105 cm³/mol. The summed E-state index contributed by atoms with van der Waals surface area (Å²) in [7, 11) is -0.874. The number of primary sulfonamides is 1. The van der Waals surface area contributed by atoms with Gasteiger partial charge in [0.05, 0.1) is 11.2 Å².